The molecule has 3 N–H and O–H groups in total. The van der Waals surface area contributed by atoms with E-state index >= 15 is 0 Å². The normalized spacial score (nSPS) is 16.4. The first-order valence-corrected chi connectivity index (χ1v) is 4.45. The fourth-order valence-corrected chi connectivity index (χ4v) is 1.17. The predicted octanol–water partition coefficient (Wildman–Crippen LogP) is 0.519. The molecule has 0 saturated carbocycles. The molecule has 3 atom stereocenters. The Morgan fingerprint density at radius 2 is 1.40 bits per heavy atom. The zero-order valence-corrected chi connectivity index (χ0v) is 8.51. The van der Waals surface area contributed by atoms with Crippen LogP contribution in [0.15, 0.2) is 0 Å². The van der Waals surface area contributed by atoms with Crippen LogP contribution in [0.1, 0.15) is 20.3 Å². The van der Waals surface area contributed by atoms with Gasteiger partial charge in [0, 0.05) is 0 Å². The van der Waals surface area contributed by atoms with Gasteiger partial charge in [0.2, 0.25) is 0 Å². The van der Waals surface area contributed by atoms with E-state index in [0.29, 0.717) is 0 Å². The highest BCUT2D eigenvalue weighted by Gasteiger charge is 2.32. The molecule has 0 heterocycles. The van der Waals surface area contributed by atoms with E-state index < -0.39 is 35.7 Å². The summed E-state index contributed by atoms with van der Waals surface area (Å²) in [6, 6.07) is 0. The van der Waals surface area contributed by atoms with Crippen molar-refractivity contribution in [1.82, 2.24) is 0 Å². The number of hydrogen-bond acceptors (Lipinski definition) is 3. The van der Waals surface area contributed by atoms with Gasteiger partial charge in [-0.25, -0.2) is 0 Å². The minimum atomic E-state index is -1.28. The lowest BCUT2D eigenvalue weighted by Crippen LogP contribution is -2.30. The minimum Gasteiger partial charge on any atom is -0.481 e. The van der Waals surface area contributed by atoms with Gasteiger partial charge < -0.3 is 15.3 Å². The smallest absolute Gasteiger partial charge is 0.307 e. The third-order valence-corrected chi connectivity index (χ3v) is 2.34. The summed E-state index contributed by atoms with van der Waals surface area (Å²) >= 11 is 0. The van der Waals surface area contributed by atoms with Crippen molar-refractivity contribution < 1.29 is 29.7 Å². The Balaban J connectivity index is 4.62. The molecular formula is C9H14O6. The lowest BCUT2D eigenvalue weighted by Gasteiger charge is -2.18. The molecule has 0 aromatic heterocycles. The van der Waals surface area contributed by atoms with Gasteiger partial charge in [0.05, 0.1) is 17.8 Å². The topological polar surface area (TPSA) is 112 Å². The highest BCUT2D eigenvalue weighted by Crippen LogP contribution is 2.21. The van der Waals surface area contributed by atoms with Crippen LogP contribution in [-0.4, -0.2) is 33.2 Å². The van der Waals surface area contributed by atoms with Gasteiger partial charge in [0.1, 0.15) is 0 Å². The van der Waals surface area contributed by atoms with Crippen molar-refractivity contribution in [3.8, 4) is 0 Å². The van der Waals surface area contributed by atoms with Crippen LogP contribution in [0.2, 0.25) is 0 Å². The van der Waals surface area contributed by atoms with Crippen LogP contribution >= 0.6 is 0 Å². The third kappa shape index (κ3) is 3.97. The molecule has 0 aromatic carbocycles. The Bertz CT molecular complexity index is 272. The zero-order valence-electron chi connectivity index (χ0n) is 8.51. The molecule has 15 heavy (non-hydrogen) atoms. The molecule has 0 aromatic rings. The Kier molecular flexibility index (Phi) is 4.77. The molecule has 6 nitrogen and oxygen atoms in total. The number of rotatable bonds is 6. The molecule has 0 spiro atoms. The number of carbonyl (C=O) groups is 3. The lowest BCUT2D eigenvalue weighted by atomic mass is 9.86. The van der Waals surface area contributed by atoms with Crippen LogP contribution < -0.4 is 0 Å². The zero-order chi connectivity index (χ0) is 12.2. The quantitative estimate of drug-likeness (QED) is 0.599. The molecule has 0 bridgehead atoms. The van der Waals surface area contributed by atoms with Gasteiger partial charge in [-0.3, -0.25) is 14.4 Å². The average Bonchev–Trinajstić information content (AvgIpc) is 2.11. The largest absolute Gasteiger partial charge is 0.481 e. The van der Waals surface area contributed by atoms with Crippen molar-refractivity contribution in [1.29, 1.82) is 0 Å². The van der Waals surface area contributed by atoms with Crippen molar-refractivity contribution >= 4 is 17.9 Å². The van der Waals surface area contributed by atoms with Crippen molar-refractivity contribution in [2.45, 2.75) is 20.3 Å². The Labute approximate surface area is 86.5 Å². The summed E-state index contributed by atoms with van der Waals surface area (Å²) in [5.74, 6) is -6.78. The van der Waals surface area contributed by atoms with E-state index in [4.69, 9.17) is 15.3 Å². The third-order valence-electron chi connectivity index (χ3n) is 2.34. The standard InChI is InChI=1S/C9H14O6/c1-4(7(10)11)3-6(9(14)15)5(2)8(12)13/h4-6H,3H2,1-2H3,(H,10,11)(H,12,13)(H,14,15). The van der Waals surface area contributed by atoms with Crippen molar-refractivity contribution in [2.24, 2.45) is 17.8 Å². The van der Waals surface area contributed by atoms with Crippen LogP contribution in [0, 0.1) is 17.8 Å². The molecule has 6 heteroatoms. The van der Waals surface area contributed by atoms with Crippen molar-refractivity contribution in [2.75, 3.05) is 0 Å². The van der Waals surface area contributed by atoms with E-state index in [1.165, 1.54) is 13.8 Å². The maximum absolute atomic E-state index is 10.7. The number of aliphatic carboxylic acids is 3. The maximum atomic E-state index is 10.7. The number of carboxylic acid groups (broad SMARTS) is 3. The van der Waals surface area contributed by atoms with Gasteiger partial charge >= 0.3 is 17.9 Å². The van der Waals surface area contributed by atoms with E-state index in [0.717, 1.165) is 0 Å². The first kappa shape index (κ1) is 13.4. The first-order valence-electron chi connectivity index (χ1n) is 4.45. The van der Waals surface area contributed by atoms with Gasteiger partial charge in [0.15, 0.2) is 0 Å². The maximum Gasteiger partial charge on any atom is 0.307 e. The molecule has 3 unspecified atom stereocenters. The molecule has 0 fully saturated rings. The van der Waals surface area contributed by atoms with Gasteiger partial charge in [-0.2, -0.15) is 0 Å². The van der Waals surface area contributed by atoms with E-state index in [2.05, 4.69) is 0 Å². The van der Waals surface area contributed by atoms with Crippen LogP contribution in [0.4, 0.5) is 0 Å². The second kappa shape index (κ2) is 5.33. The van der Waals surface area contributed by atoms with Crippen LogP contribution in [0.3, 0.4) is 0 Å². The molecule has 0 rings (SSSR count). The number of hydrogen-bond donors (Lipinski definition) is 3. The summed E-state index contributed by atoms with van der Waals surface area (Å²) in [6.07, 6.45) is -0.182. The van der Waals surface area contributed by atoms with Gasteiger partial charge in [-0.1, -0.05) is 13.8 Å². The van der Waals surface area contributed by atoms with Crippen LogP contribution in [0.25, 0.3) is 0 Å². The molecule has 0 saturated heterocycles. The van der Waals surface area contributed by atoms with Gasteiger partial charge in [-0.05, 0) is 6.42 Å². The molecule has 0 aliphatic heterocycles. The molecule has 0 aliphatic carbocycles. The summed E-state index contributed by atoms with van der Waals surface area (Å²) in [4.78, 5) is 31.8. The van der Waals surface area contributed by atoms with E-state index in [-0.39, 0.29) is 6.42 Å². The second-order valence-electron chi connectivity index (χ2n) is 3.55. The molecule has 0 aliphatic rings. The van der Waals surface area contributed by atoms with E-state index in [1.807, 2.05) is 0 Å². The van der Waals surface area contributed by atoms with Gasteiger partial charge in [-0.15, -0.1) is 0 Å². The van der Waals surface area contributed by atoms with Gasteiger partial charge in [0.25, 0.3) is 0 Å². The Morgan fingerprint density at radius 1 is 0.933 bits per heavy atom. The monoisotopic (exact) mass is 218 g/mol. The Hall–Kier alpha value is -1.59. The SMILES string of the molecule is CC(CC(C(=O)O)C(C)C(=O)O)C(=O)O. The highest BCUT2D eigenvalue weighted by atomic mass is 16.4. The summed E-state index contributed by atoms with van der Waals surface area (Å²) in [5.41, 5.74) is 0. The lowest BCUT2D eigenvalue weighted by molar-refractivity contribution is -0.155. The molecule has 0 amide bonds. The summed E-state index contributed by atoms with van der Waals surface area (Å²) in [6.45, 7) is 2.61. The summed E-state index contributed by atoms with van der Waals surface area (Å²) in [5, 5.41) is 26.0. The van der Waals surface area contributed by atoms with E-state index in [9.17, 15) is 14.4 Å². The molecule has 0 radical (unpaired) electrons. The Morgan fingerprint density at radius 3 is 1.67 bits per heavy atom. The molecular weight excluding hydrogens is 204 g/mol. The predicted molar refractivity (Wildman–Crippen MR) is 49.3 cm³/mol. The number of carboxylic acids is 3. The second-order valence-corrected chi connectivity index (χ2v) is 3.55. The first-order chi connectivity index (χ1) is 6.77. The van der Waals surface area contributed by atoms with Crippen LogP contribution in [-0.2, 0) is 14.4 Å². The fraction of sp³-hybridized carbons (Fsp3) is 0.667. The molecule has 86 valence electrons. The fourth-order valence-electron chi connectivity index (χ4n) is 1.17. The van der Waals surface area contributed by atoms with E-state index in [1.54, 1.807) is 0 Å². The van der Waals surface area contributed by atoms with Crippen molar-refractivity contribution in [3.05, 3.63) is 0 Å². The average molecular weight is 218 g/mol. The summed E-state index contributed by atoms with van der Waals surface area (Å²) < 4.78 is 0. The summed E-state index contributed by atoms with van der Waals surface area (Å²) in [7, 11) is 0. The van der Waals surface area contributed by atoms with Crippen LogP contribution in [0.5, 0.6) is 0 Å². The minimum absolute atomic E-state index is 0.182. The highest BCUT2D eigenvalue weighted by molar-refractivity contribution is 5.80. The van der Waals surface area contributed by atoms with Crippen molar-refractivity contribution in [3.63, 3.8) is 0 Å².